The van der Waals surface area contributed by atoms with Gasteiger partial charge in [-0.15, -0.1) is 0 Å². The zero-order chi connectivity index (χ0) is 17.6. The standard InChI is InChI=1S/C18H23BrN2O3S/c19-13-6-8-15(9-7-13)21-17-12-25(23,24)11-16(17)20(10-18(21)22)14-4-2-1-3-5-14/h6-9,14,16-17H,1-5,10-12H2/t16-,17+/m0/s1. The van der Waals surface area contributed by atoms with E-state index in [0.717, 1.165) is 23.0 Å². The molecule has 3 fully saturated rings. The number of carbonyl (C=O) groups excluding carboxylic acids is 1. The molecular formula is C18H23BrN2O3S. The van der Waals surface area contributed by atoms with Gasteiger partial charge in [0.25, 0.3) is 0 Å². The van der Waals surface area contributed by atoms with Crippen molar-refractivity contribution < 1.29 is 13.2 Å². The molecule has 2 saturated heterocycles. The van der Waals surface area contributed by atoms with Crippen LogP contribution in [0.3, 0.4) is 0 Å². The zero-order valence-electron chi connectivity index (χ0n) is 14.1. The molecule has 4 rings (SSSR count). The van der Waals surface area contributed by atoms with E-state index in [2.05, 4.69) is 20.8 Å². The number of carbonyl (C=O) groups is 1. The fourth-order valence-electron chi connectivity index (χ4n) is 4.66. The third-order valence-corrected chi connectivity index (χ3v) is 8.01. The summed E-state index contributed by atoms with van der Waals surface area (Å²) >= 11 is 3.41. The van der Waals surface area contributed by atoms with Crippen LogP contribution < -0.4 is 4.90 Å². The van der Waals surface area contributed by atoms with Crippen molar-refractivity contribution in [3.8, 4) is 0 Å². The van der Waals surface area contributed by atoms with Crippen LogP contribution in [-0.4, -0.2) is 55.4 Å². The van der Waals surface area contributed by atoms with Crippen molar-refractivity contribution in [1.82, 2.24) is 4.90 Å². The number of anilines is 1. The molecule has 136 valence electrons. The van der Waals surface area contributed by atoms with Crippen LogP contribution in [0.1, 0.15) is 32.1 Å². The molecule has 3 aliphatic rings. The second-order valence-corrected chi connectivity index (χ2v) is 10.5. The van der Waals surface area contributed by atoms with E-state index in [4.69, 9.17) is 0 Å². The molecule has 7 heteroatoms. The molecule has 2 aliphatic heterocycles. The number of piperazine rings is 1. The maximum absolute atomic E-state index is 13.0. The Morgan fingerprint density at radius 3 is 2.28 bits per heavy atom. The summed E-state index contributed by atoms with van der Waals surface area (Å²) in [7, 11) is -3.12. The summed E-state index contributed by atoms with van der Waals surface area (Å²) in [5.41, 5.74) is 0.795. The minimum Gasteiger partial charge on any atom is -0.306 e. The summed E-state index contributed by atoms with van der Waals surface area (Å²) in [5.74, 6) is 0.267. The van der Waals surface area contributed by atoms with Gasteiger partial charge in [-0.05, 0) is 37.1 Å². The molecule has 0 bridgehead atoms. The lowest BCUT2D eigenvalue weighted by molar-refractivity contribution is -0.124. The van der Waals surface area contributed by atoms with Gasteiger partial charge in [0, 0.05) is 22.2 Å². The van der Waals surface area contributed by atoms with Crippen LogP contribution in [0.5, 0.6) is 0 Å². The normalized spacial score (nSPS) is 30.4. The molecule has 0 aromatic heterocycles. The molecule has 0 N–H and O–H groups in total. The molecule has 0 unspecified atom stereocenters. The fourth-order valence-corrected chi connectivity index (χ4v) is 6.88. The van der Waals surface area contributed by atoms with Crippen molar-refractivity contribution in [2.24, 2.45) is 0 Å². The number of benzene rings is 1. The first kappa shape index (κ1) is 17.5. The molecule has 0 spiro atoms. The summed E-state index contributed by atoms with van der Waals surface area (Å²) in [5, 5.41) is 0. The maximum Gasteiger partial charge on any atom is 0.241 e. The highest BCUT2D eigenvalue weighted by Crippen LogP contribution is 2.35. The minimum absolute atomic E-state index is 0.0197. The van der Waals surface area contributed by atoms with Crippen LogP contribution in [0.4, 0.5) is 5.69 Å². The van der Waals surface area contributed by atoms with Gasteiger partial charge in [0.1, 0.15) is 0 Å². The average molecular weight is 427 g/mol. The first-order valence-corrected chi connectivity index (χ1v) is 11.6. The Hall–Kier alpha value is -0.920. The molecule has 0 radical (unpaired) electrons. The van der Waals surface area contributed by atoms with E-state index in [-0.39, 0.29) is 29.5 Å². The van der Waals surface area contributed by atoms with Gasteiger partial charge in [-0.1, -0.05) is 35.2 Å². The van der Waals surface area contributed by atoms with Gasteiger partial charge in [-0.2, -0.15) is 0 Å². The van der Waals surface area contributed by atoms with Crippen LogP contribution in [0.2, 0.25) is 0 Å². The molecule has 25 heavy (non-hydrogen) atoms. The van der Waals surface area contributed by atoms with Crippen LogP contribution in [0.15, 0.2) is 28.7 Å². The Kier molecular flexibility index (Phi) is 4.67. The lowest BCUT2D eigenvalue weighted by Crippen LogP contribution is -2.64. The quantitative estimate of drug-likeness (QED) is 0.728. The Morgan fingerprint density at radius 1 is 0.960 bits per heavy atom. The highest BCUT2D eigenvalue weighted by Gasteiger charge is 2.51. The summed E-state index contributed by atoms with van der Waals surface area (Å²) in [6, 6.07) is 7.58. The van der Waals surface area contributed by atoms with E-state index in [1.54, 1.807) is 4.90 Å². The zero-order valence-corrected chi connectivity index (χ0v) is 16.5. The topological polar surface area (TPSA) is 57.7 Å². The first-order chi connectivity index (χ1) is 11.9. The molecule has 1 aromatic rings. The third kappa shape index (κ3) is 3.38. The lowest BCUT2D eigenvalue weighted by atomic mass is 9.91. The van der Waals surface area contributed by atoms with Gasteiger partial charge in [0.15, 0.2) is 9.84 Å². The van der Waals surface area contributed by atoms with Gasteiger partial charge in [-0.25, -0.2) is 8.42 Å². The lowest BCUT2D eigenvalue weighted by Gasteiger charge is -2.47. The molecule has 1 aliphatic carbocycles. The number of nitrogens with zero attached hydrogens (tertiary/aromatic N) is 2. The van der Waals surface area contributed by atoms with Crippen molar-refractivity contribution in [3.63, 3.8) is 0 Å². The molecule has 1 aromatic carbocycles. The Labute approximate surface area is 157 Å². The SMILES string of the molecule is O=C1CN(C2CCCCC2)[C@H]2CS(=O)(=O)C[C@H]2N1c1ccc(Br)cc1. The molecule has 2 heterocycles. The molecule has 1 saturated carbocycles. The Balaban J connectivity index is 1.67. The second kappa shape index (κ2) is 6.67. The van der Waals surface area contributed by atoms with E-state index in [1.807, 2.05) is 24.3 Å². The Bertz CT molecular complexity index is 759. The van der Waals surface area contributed by atoms with Gasteiger partial charge in [0.2, 0.25) is 5.91 Å². The highest BCUT2D eigenvalue weighted by atomic mass is 79.9. The van der Waals surface area contributed by atoms with Crippen LogP contribution in [0, 0.1) is 0 Å². The van der Waals surface area contributed by atoms with Crippen LogP contribution in [0.25, 0.3) is 0 Å². The highest BCUT2D eigenvalue weighted by molar-refractivity contribution is 9.10. The predicted octanol–water partition coefficient (Wildman–Crippen LogP) is 2.60. The number of rotatable bonds is 2. The molecule has 5 nitrogen and oxygen atoms in total. The average Bonchev–Trinajstić information content (AvgIpc) is 2.91. The number of fused-ring (bicyclic) bond motifs is 1. The predicted molar refractivity (Wildman–Crippen MR) is 101 cm³/mol. The van der Waals surface area contributed by atoms with Gasteiger partial charge < -0.3 is 4.90 Å². The third-order valence-electron chi connectivity index (χ3n) is 5.79. The number of amides is 1. The summed E-state index contributed by atoms with van der Waals surface area (Å²) in [4.78, 5) is 16.9. The molecular weight excluding hydrogens is 404 g/mol. The minimum atomic E-state index is -3.12. The second-order valence-electron chi connectivity index (χ2n) is 7.42. The van der Waals surface area contributed by atoms with Crippen molar-refractivity contribution in [2.45, 2.75) is 50.2 Å². The monoisotopic (exact) mass is 426 g/mol. The molecule has 2 atom stereocenters. The number of sulfone groups is 1. The number of hydrogen-bond donors (Lipinski definition) is 0. The van der Waals surface area contributed by atoms with E-state index < -0.39 is 9.84 Å². The molecule has 1 amide bonds. The van der Waals surface area contributed by atoms with Gasteiger partial charge >= 0.3 is 0 Å². The van der Waals surface area contributed by atoms with Gasteiger partial charge in [-0.3, -0.25) is 9.69 Å². The maximum atomic E-state index is 13.0. The van der Waals surface area contributed by atoms with Crippen molar-refractivity contribution in [2.75, 3.05) is 23.0 Å². The van der Waals surface area contributed by atoms with Crippen LogP contribution >= 0.6 is 15.9 Å². The number of hydrogen-bond acceptors (Lipinski definition) is 4. The van der Waals surface area contributed by atoms with E-state index in [0.29, 0.717) is 12.6 Å². The largest absolute Gasteiger partial charge is 0.306 e. The van der Waals surface area contributed by atoms with E-state index in [9.17, 15) is 13.2 Å². The van der Waals surface area contributed by atoms with E-state index in [1.165, 1.54) is 19.3 Å². The van der Waals surface area contributed by atoms with Crippen molar-refractivity contribution in [3.05, 3.63) is 28.7 Å². The fraction of sp³-hybridized carbons (Fsp3) is 0.611. The van der Waals surface area contributed by atoms with Crippen molar-refractivity contribution >= 4 is 37.4 Å². The Morgan fingerprint density at radius 2 is 1.60 bits per heavy atom. The first-order valence-electron chi connectivity index (χ1n) is 8.98. The summed E-state index contributed by atoms with van der Waals surface area (Å²) < 4.78 is 25.7. The number of halogens is 1. The smallest absolute Gasteiger partial charge is 0.241 e. The summed E-state index contributed by atoms with van der Waals surface area (Å²) in [6.45, 7) is 0.331. The van der Waals surface area contributed by atoms with Crippen molar-refractivity contribution in [1.29, 1.82) is 0 Å². The van der Waals surface area contributed by atoms with E-state index >= 15 is 0 Å². The van der Waals surface area contributed by atoms with Gasteiger partial charge in [0.05, 0.1) is 24.1 Å². The summed E-state index contributed by atoms with van der Waals surface area (Å²) in [6.07, 6.45) is 5.76. The van der Waals surface area contributed by atoms with Crippen LogP contribution in [-0.2, 0) is 14.6 Å².